The monoisotopic (exact) mass is 566 g/mol. The molecule has 0 saturated carbocycles. The molecule has 42 heavy (non-hydrogen) atoms. The second-order valence-electron chi connectivity index (χ2n) is 11.2. The molecule has 0 aliphatic heterocycles. The fraction of sp³-hybridized carbons (Fsp3) is 0.353. The van der Waals surface area contributed by atoms with E-state index in [1.807, 2.05) is 85.8 Å². The number of hydrogen-bond donors (Lipinski definition) is 2. The lowest BCUT2D eigenvalue weighted by atomic mass is 9.53. The predicted molar refractivity (Wildman–Crippen MR) is 161 cm³/mol. The van der Waals surface area contributed by atoms with Crippen LogP contribution in [0.15, 0.2) is 78.9 Å². The van der Waals surface area contributed by atoms with Crippen molar-refractivity contribution >= 4 is 23.6 Å². The van der Waals surface area contributed by atoms with E-state index in [1.165, 1.54) is 9.80 Å². The number of likely N-dealkylation sites (N-methyl/N-ethyl adjacent to an activating group) is 4. The lowest BCUT2D eigenvalue weighted by Crippen LogP contribution is -2.57. The maximum atomic E-state index is 14.7. The van der Waals surface area contributed by atoms with Gasteiger partial charge in [0.25, 0.3) is 0 Å². The lowest BCUT2D eigenvalue weighted by Gasteiger charge is -2.51. The molecule has 3 atom stereocenters. The molecule has 2 bridgehead atoms. The third kappa shape index (κ3) is 5.17. The highest BCUT2D eigenvalue weighted by Crippen LogP contribution is 2.59. The Hall–Kier alpha value is -4.46. The molecule has 8 heteroatoms. The minimum absolute atomic E-state index is 0.102. The van der Waals surface area contributed by atoms with E-state index in [9.17, 15) is 19.2 Å². The van der Waals surface area contributed by atoms with Crippen LogP contribution in [0.25, 0.3) is 0 Å². The van der Waals surface area contributed by atoms with Crippen LogP contribution in [0.5, 0.6) is 0 Å². The first-order valence-corrected chi connectivity index (χ1v) is 14.5. The number of rotatable bonds is 9. The van der Waals surface area contributed by atoms with Crippen LogP contribution in [-0.2, 0) is 25.6 Å². The van der Waals surface area contributed by atoms with Gasteiger partial charge in [-0.15, -0.1) is 0 Å². The van der Waals surface area contributed by atoms with Crippen molar-refractivity contribution < 1.29 is 19.2 Å². The molecule has 8 nitrogen and oxygen atoms in total. The summed E-state index contributed by atoms with van der Waals surface area (Å²) in [6.07, 6.45) is 0.340. The van der Waals surface area contributed by atoms with Crippen LogP contribution in [0, 0.1) is 11.8 Å². The zero-order chi connectivity index (χ0) is 30.0. The summed E-state index contributed by atoms with van der Waals surface area (Å²) in [6, 6.07) is 24.9. The molecular formula is C34H38N4O4. The molecule has 4 amide bonds. The van der Waals surface area contributed by atoms with Crippen LogP contribution in [0.4, 0.5) is 0 Å². The summed E-state index contributed by atoms with van der Waals surface area (Å²) < 4.78 is 0. The summed E-state index contributed by atoms with van der Waals surface area (Å²) in [5, 5.41) is 5.48. The zero-order valence-electron chi connectivity index (χ0n) is 24.5. The van der Waals surface area contributed by atoms with Crippen LogP contribution in [-0.4, -0.2) is 73.7 Å². The third-order valence-corrected chi connectivity index (χ3v) is 8.77. The predicted octanol–water partition coefficient (Wildman–Crippen LogP) is 2.92. The van der Waals surface area contributed by atoms with E-state index in [4.69, 9.17) is 0 Å². The Morgan fingerprint density at radius 2 is 1.21 bits per heavy atom. The second kappa shape index (κ2) is 12.2. The molecule has 3 aromatic rings. The Bertz CT molecular complexity index is 1440. The van der Waals surface area contributed by atoms with Gasteiger partial charge in [0.2, 0.25) is 23.6 Å². The van der Waals surface area contributed by atoms with E-state index in [1.54, 1.807) is 21.1 Å². The highest BCUT2D eigenvalue weighted by molar-refractivity contribution is 5.95. The minimum Gasteiger partial charge on any atom is -0.357 e. The van der Waals surface area contributed by atoms with Gasteiger partial charge in [-0.25, -0.2) is 0 Å². The van der Waals surface area contributed by atoms with E-state index in [0.29, 0.717) is 13.0 Å². The third-order valence-electron chi connectivity index (χ3n) is 8.77. The second-order valence-corrected chi connectivity index (χ2v) is 11.2. The summed E-state index contributed by atoms with van der Waals surface area (Å²) in [5.41, 5.74) is 5.06. The van der Waals surface area contributed by atoms with Crippen LogP contribution in [0.3, 0.4) is 0 Å². The van der Waals surface area contributed by atoms with Crippen molar-refractivity contribution in [1.29, 1.82) is 0 Å². The normalized spacial score (nSPS) is 20.5. The molecular weight excluding hydrogens is 528 g/mol. The largest absolute Gasteiger partial charge is 0.357 e. The van der Waals surface area contributed by atoms with Crippen molar-refractivity contribution in [2.45, 2.75) is 31.2 Å². The molecule has 6 rings (SSSR count). The van der Waals surface area contributed by atoms with Gasteiger partial charge in [0.1, 0.15) is 6.04 Å². The molecule has 3 aliphatic rings. The number of carbonyl (C=O) groups is 4. The van der Waals surface area contributed by atoms with Gasteiger partial charge in [-0.2, -0.15) is 0 Å². The average Bonchev–Trinajstić information content (AvgIpc) is 3.02. The van der Waals surface area contributed by atoms with Crippen LogP contribution >= 0.6 is 0 Å². The van der Waals surface area contributed by atoms with Gasteiger partial charge < -0.3 is 20.4 Å². The van der Waals surface area contributed by atoms with Gasteiger partial charge in [-0.3, -0.25) is 19.2 Å². The van der Waals surface area contributed by atoms with E-state index in [2.05, 4.69) is 10.6 Å². The van der Waals surface area contributed by atoms with Crippen molar-refractivity contribution in [3.63, 3.8) is 0 Å². The van der Waals surface area contributed by atoms with E-state index >= 15 is 0 Å². The molecule has 0 spiro atoms. The Morgan fingerprint density at radius 1 is 0.738 bits per heavy atom. The van der Waals surface area contributed by atoms with Crippen molar-refractivity contribution in [2.24, 2.45) is 11.8 Å². The Kier molecular flexibility index (Phi) is 8.43. The van der Waals surface area contributed by atoms with Gasteiger partial charge in [0, 0.05) is 45.9 Å². The summed E-state index contributed by atoms with van der Waals surface area (Å²) in [7, 11) is 4.84. The molecule has 0 aromatic heterocycles. The summed E-state index contributed by atoms with van der Waals surface area (Å²) in [4.78, 5) is 57.7. The molecule has 0 radical (unpaired) electrons. The maximum absolute atomic E-state index is 14.7. The highest BCUT2D eigenvalue weighted by Gasteiger charge is 2.56. The van der Waals surface area contributed by atoms with E-state index in [-0.39, 0.29) is 42.0 Å². The quantitative estimate of drug-likeness (QED) is 0.416. The number of hydrogen-bond acceptors (Lipinski definition) is 4. The number of fused-ring (bicyclic) bond motifs is 1. The van der Waals surface area contributed by atoms with Gasteiger partial charge in [0.15, 0.2) is 0 Å². The smallest absolute Gasteiger partial charge is 0.242 e. The molecule has 0 heterocycles. The summed E-state index contributed by atoms with van der Waals surface area (Å²) in [5.74, 6) is -3.26. The fourth-order valence-electron chi connectivity index (χ4n) is 6.87. The lowest BCUT2D eigenvalue weighted by molar-refractivity contribution is -0.151. The maximum Gasteiger partial charge on any atom is 0.242 e. The first kappa shape index (κ1) is 29.0. The Balaban J connectivity index is 1.60. The van der Waals surface area contributed by atoms with Gasteiger partial charge >= 0.3 is 0 Å². The molecule has 218 valence electrons. The number of nitrogens with one attached hydrogen (secondary N) is 2. The van der Waals surface area contributed by atoms with Gasteiger partial charge in [-0.1, -0.05) is 78.9 Å². The number of benzene rings is 3. The standard InChI is InChI=1S/C34H38N4O4/c1-5-36-27(39)20-37(3)33(41)30-28-22-15-9-11-17-24(22)29(25-18-12-10-16-23(25)28)31(30)34(42)38(4)26(32(40)35-2)19-21-13-7-6-8-14-21/h6-18,26,28-31H,5,19-20H2,1-4H3,(H,35,40)(H,36,39)/t26-,28?,29?,30+,31-/m0/s1. The van der Waals surface area contributed by atoms with E-state index in [0.717, 1.165) is 27.8 Å². The molecule has 2 N–H and O–H groups in total. The fourth-order valence-corrected chi connectivity index (χ4v) is 6.87. The zero-order valence-corrected chi connectivity index (χ0v) is 24.5. The number of nitrogens with zero attached hydrogens (tertiary/aromatic N) is 2. The Labute approximate surface area is 247 Å². The van der Waals surface area contributed by atoms with Crippen molar-refractivity contribution in [3.8, 4) is 0 Å². The topological polar surface area (TPSA) is 98.8 Å². The van der Waals surface area contributed by atoms with Crippen molar-refractivity contribution in [2.75, 3.05) is 34.2 Å². The number of carbonyl (C=O) groups excluding carboxylic acids is 4. The Morgan fingerprint density at radius 3 is 1.69 bits per heavy atom. The van der Waals surface area contributed by atoms with Crippen molar-refractivity contribution in [1.82, 2.24) is 20.4 Å². The highest BCUT2D eigenvalue weighted by atomic mass is 16.2. The summed E-state index contributed by atoms with van der Waals surface area (Å²) >= 11 is 0. The first-order valence-electron chi connectivity index (χ1n) is 14.5. The van der Waals surface area contributed by atoms with Gasteiger partial charge in [-0.05, 0) is 34.7 Å². The number of amides is 4. The molecule has 3 aliphatic carbocycles. The minimum atomic E-state index is -0.764. The average molecular weight is 567 g/mol. The van der Waals surface area contributed by atoms with Crippen LogP contribution < -0.4 is 10.6 Å². The molecule has 0 unspecified atom stereocenters. The van der Waals surface area contributed by atoms with Crippen molar-refractivity contribution in [3.05, 3.63) is 107 Å². The first-order chi connectivity index (χ1) is 20.3. The van der Waals surface area contributed by atoms with E-state index < -0.39 is 17.9 Å². The molecule has 0 saturated heterocycles. The SMILES string of the molecule is CCNC(=O)CN(C)C(=O)[C@@H]1C2c3ccccc3C(c3ccccc32)[C@@H]1C(=O)N(C)[C@@H](Cc1ccccc1)C(=O)NC. The molecule has 3 aromatic carbocycles. The van der Waals surface area contributed by atoms with Gasteiger partial charge in [0.05, 0.1) is 18.4 Å². The summed E-state index contributed by atoms with van der Waals surface area (Å²) in [6.45, 7) is 2.19. The molecule has 0 fully saturated rings. The van der Waals surface area contributed by atoms with Crippen LogP contribution in [0.2, 0.25) is 0 Å². The van der Waals surface area contributed by atoms with Crippen LogP contribution in [0.1, 0.15) is 46.6 Å².